The summed E-state index contributed by atoms with van der Waals surface area (Å²) in [6.45, 7) is 4.61. The molecule has 1 rings (SSSR count). The van der Waals surface area contributed by atoms with Crippen LogP contribution in [-0.4, -0.2) is 0 Å². The summed E-state index contributed by atoms with van der Waals surface area (Å²) in [7, 11) is 0. The first-order chi connectivity index (χ1) is 7.76. The molecule has 90 valence electrons. The summed E-state index contributed by atoms with van der Waals surface area (Å²) in [5.74, 6) is 1.82. The number of halogens is 1. The van der Waals surface area contributed by atoms with Crippen molar-refractivity contribution in [3.05, 3.63) is 29.8 Å². The number of aryl methyl sites for hydroxylation is 1. The van der Waals surface area contributed by atoms with Gasteiger partial charge in [0.2, 0.25) is 0 Å². The predicted molar refractivity (Wildman–Crippen MR) is 78.1 cm³/mol. The van der Waals surface area contributed by atoms with Gasteiger partial charge in [0.05, 0.1) is 0 Å². The van der Waals surface area contributed by atoms with Crippen LogP contribution in [0.3, 0.4) is 0 Å². The average Bonchev–Trinajstić information content (AvgIpc) is 2.35. The van der Waals surface area contributed by atoms with Crippen molar-refractivity contribution in [1.29, 1.82) is 0 Å². The van der Waals surface area contributed by atoms with Crippen molar-refractivity contribution in [2.24, 2.45) is 5.92 Å². The molecule has 0 N–H and O–H groups in total. The normalized spacial score (nSPS) is 12.4. The van der Waals surface area contributed by atoms with E-state index in [1.165, 1.54) is 37.7 Å². The Hall–Kier alpha value is -0.250. The van der Waals surface area contributed by atoms with Crippen LogP contribution in [0, 0.1) is 5.92 Å². The minimum absolute atomic E-state index is 0.884. The van der Waals surface area contributed by atoms with E-state index in [-0.39, 0.29) is 0 Å². The van der Waals surface area contributed by atoms with Gasteiger partial charge in [-0.3, -0.25) is 0 Å². The van der Waals surface area contributed by atoms with Crippen molar-refractivity contribution >= 4 is 23.0 Å². The molecule has 1 atom stereocenters. The van der Waals surface area contributed by atoms with E-state index < -0.39 is 0 Å². The molecule has 0 aliphatic heterocycles. The molecule has 2 heteroatoms. The van der Waals surface area contributed by atoms with Crippen LogP contribution in [0.4, 0.5) is 0 Å². The maximum atomic E-state index is 5.11. The highest BCUT2D eigenvalue weighted by Gasteiger charge is 1.99. The van der Waals surface area contributed by atoms with Crippen LogP contribution >= 0.6 is 23.0 Å². The van der Waals surface area contributed by atoms with Crippen LogP contribution in [0.1, 0.15) is 45.1 Å². The lowest BCUT2D eigenvalue weighted by molar-refractivity contribution is 0.484. The summed E-state index contributed by atoms with van der Waals surface area (Å²) in [5, 5.41) is 0. The van der Waals surface area contributed by atoms with Crippen LogP contribution in [0.25, 0.3) is 0 Å². The highest BCUT2D eigenvalue weighted by Crippen LogP contribution is 2.17. The van der Waals surface area contributed by atoms with Gasteiger partial charge in [0.25, 0.3) is 0 Å². The molecule has 0 aliphatic rings. The standard InChI is InChI=1S/C14H21IO/c1-3-12(2)6-4-5-7-13-8-10-14(16-15)11-9-13/h8-12H,3-7H2,1-2H3. The van der Waals surface area contributed by atoms with E-state index in [4.69, 9.17) is 3.07 Å². The minimum atomic E-state index is 0.884. The fraction of sp³-hybridized carbons (Fsp3) is 0.571. The molecule has 0 amide bonds. The molecule has 1 aromatic carbocycles. The molecule has 16 heavy (non-hydrogen) atoms. The van der Waals surface area contributed by atoms with Gasteiger partial charge in [0, 0.05) is 0 Å². The van der Waals surface area contributed by atoms with Crippen molar-refractivity contribution in [2.75, 3.05) is 0 Å². The second-order valence-corrected chi connectivity index (χ2v) is 4.92. The summed E-state index contributed by atoms with van der Waals surface area (Å²) in [6, 6.07) is 8.40. The third-order valence-electron chi connectivity index (χ3n) is 3.12. The quantitative estimate of drug-likeness (QED) is 0.494. The fourth-order valence-electron chi connectivity index (χ4n) is 1.73. The number of unbranched alkanes of at least 4 members (excludes halogenated alkanes) is 1. The second-order valence-electron chi connectivity index (χ2n) is 4.48. The number of benzene rings is 1. The van der Waals surface area contributed by atoms with Gasteiger partial charge in [-0.05, 0) is 36.5 Å². The van der Waals surface area contributed by atoms with Crippen molar-refractivity contribution < 1.29 is 3.07 Å². The third kappa shape index (κ3) is 5.19. The Morgan fingerprint density at radius 1 is 1.19 bits per heavy atom. The summed E-state index contributed by atoms with van der Waals surface area (Å²) in [5.41, 5.74) is 1.42. The van der Waals surface area contributed by atoms with Crippen molar-refractivity contribution in [2.45, 2.75) is 46.0 Å². The largest absolute Gasteiger partial charge is 0.428 e. The van der Waals surface area contributed by atoms with Crippen LogP contribution < -0.4 is 3.07 Å². The molecular formula is C14H21IO. The van der Waals surface area contributed by atoms with Gasteiger partial charge >= 0.3 is 0 Å². The first-order valence-corrected chi connectivity index (χ1v) is 7.02. The molecule has 0 fully saturated rings. The summed E-state index contributed by atoms with van der Waals surface area (Å²) in [6.07, 6.45) is 6.51. The minimum Gasteiger partial charge on any atom is -0.428 e. The third-order valence-corrected chi connectivity index (χ3v) is 3.63. The van der Waals surface area contributed by atoms with Crippen molar-refractivity contribution in [1.82, 2.24) is 0 Å². The Labute approximate surface area is 113 Å². The summed E-state index contributed by atoms with van der Waals surface area (Å²) >= 11 is 1.91. The molecule has 0 saturated heterocycles. The molecule has 1 unspecified atom stereocenters. The van der Waals surface area contributed by atoms with Crippen LogP contribution in [0.5, 0.6) is 5.75 Å². The zero-order chi connectivity index (χ0) is 11.8. The maximum absolute atomic E-state index is 5.11. The van der Waals surface area contributed by atoms with Gasteiger partial charge in [-0.2, -0.15) is 0 Å². The number of hydrogen-bond donors (Lipinski definition) is 0. The molecule has 0 aromatic heterocycles. The molecule has 0 radical (unpaired) electrons. The van der Waals surface area contributed by atoms with E-state index in [2.05, 4.69) is 26.0 Å². The fourth-order valence-corrected chi connectivity index (χ4v) is 2.03. The first-order valence-electron chi connectivity index (χ1n) is 6.13. The van der Waals surface area contributed by atoms with Crippen LogP contribution in [0.15, 0.2) is 24.3 Å². The van der Waals surface area contributed by atoms with E-state index in [1.54, 1.807) is 0 Å². The topological polar surface area (TPSA) is 9.23 Å². The van der Waals surface area contributed by atoms with Gasteiger partial charge in [-0.25, -0.2) is 0 Å². The number of rotatable bonds is 7. The Bertz CT molecular complexity index is 281. The average molecular weight is 332 g/mol. The van der Waals surface area contributed by atoms with Gasteiger partial charge in [0.1, 0.15) is 5.75 Å². The predicted octanol–water partition coefficient (Wildman–Crippen LogP) is 5.17. The van der Waals surface area contributed by atoms with E-state index in [0.717, 1.165) is 11.7 Å². The molecular weight excluding hydrogens is 311 g/mol. The SMILES string of the molecule is CCC(C)CCCCc1ccc(OI)cc1. The van der Waals surface area contributed by atoms with Gasteiger partial charge < -0.3 is 3.07 Å². The lowest BCUT2D eigenvalue weighted by atomic mass is 9.99. The highest BCUT2D eigenvalue weighted by molar-refractivity contribution is 14.1. The second kappa shape index (κ2) is 7.93. The number of hydrogen-bond acceptors (Lipinski definition) is 1. The zero-order valence-corrected chi connectivity index (χ0v) is 12.4. The highest BCUT2D eigenvalue weighted by atomic mass is 127. The maximum Gasteiger partial charge on any atom is 0.192 e. The lowest BCUT2D eigenvalue weighted by Gasteiger charge is -2.07. The van der Waals surface area contributed by atoms with Gasteiger partial charge in [0.15, 0.2) is 23.0 Å². The van der Waals surface area contributed by atoms with Crippen LogP contribution in [0.2, 0.25) is 0 Å². The first kappa shape index (κ1) is 13.8. The van der Waals surface area contributed by atoms with E-state index in [1.807, 2.05) is 35.1 Å². The van der Waals surface area contributed by atoms with Gasteiger partial charge in [-0.1, -0.05) is 45.2 Å². The van der Waals surface area contributed by atoms with E-state index >= 15 is 0 Å². The molecule has 1 aromatic rings. The molecule has 0 aliphatic carbocycles. The molecule has 0 saturated carbocycles. The Morgan fingerprint density at radius 2 is 1.88 bits per heavy atom. The van der Waals surface area contributed by atoms with Crippen molar-refractivity contribution in [3.8, 4) is 5.75 Å². The smallest absolute Gasteiger partial charge is 0.192 e. The Morgan fingerprint density at radius 3 is 2.44 bits per heavy atom. The van der Waals surface area contributed by atoms with Gasteiger partial charge in [-0.15, -0.1) is 0 Å². The Kier molecular flexibility index (Phi) is 6.85. The molecule has 0 spiro atoms. The lowest BCUT2D eigenvalue weighted by Crippen LogP contribution is -1.93. The molecule has 0 heterocycles. The van der Waals surface area contributed by atoms with Crippen molar-refractivity contribution in [3.63, 3.8) is 0 Å². The Balaban J connectivity index is 2.21. The molecule has 0 bridgehead atoms. The summed E-state index contributed by atoms with van der Waals surface area (Å²) in [4.78, 5) is 0. The summed E-state index contributed by atoms with van der Waals surface area (Å²) < 4.78 is 5.11. The molecule has 1 nitrogen and oxygen atoms in total. The monoisotopic (exact) mass is 332 g/mol. The van der Waals surface area contributed by atoms with E-state index in [0.29, 0.717) is 0 Å². The zero-order valence-electron chi connectivity index (χ0n) is 10.2. The van der Waals surface area contributed by atoms with Crippen LogP contribution in [-0.2, 0) is 6.42 Å². The van der Waals surface area contributed by atoms with E-state index in [9.17, 15) is 0 Å².